The highest BCUT2D eigenvalue weighted by atomic mass is 16.3. The van der Waals surface area contributed by atoms with Gasteiger partial charge in [-0.2, -0.15) is 0 Å². The molecule has 0 amide bonds. The number of para-hydroxylation sites is 3. The number of rotatable bonds is 7. The van der Waals surface area contributed by atoms with E-state index in [4.69, 9.17) is 4.42 Å². The predicted molar refractivity (Wildman–Crippen MR) is 257 cm³/mol. The normalized spacial score (nSPS) is 11.6. The summed E-state index contributed by atoms with van der Waals surface area (Å²) in [7, 11) is 0. The molecule has 10 aromatic carbocycles. The van der Waals surface area contributed by atoms with Gasteiger partial charge in [-0.3, -0.25) is 0 Å². The Morgan fingerprint density at radius 1 is 0.344 bits per heavy atom. The van der Waals surface area contributed by atoms with Crippen LogP contribution in [0.2, 0.25) is 0 Å². The Labute approximate surface area is 353 Å². The maximum Gasteiger partial charge on any atom is 0.136 e. The fourth-order valence-corrected chi connectivity index (χ4v) is 9.40. The van der Waals surface area contributed by atoms with Crippen LogP contribution >= 0.6 is 0 Å². The Hall–Kier alpha value is -8.14. The minimum absolute atomic E-state index is 0.861. The molecule has 0 saturated carbocycles. The van der Waals surface area contributed by atoms with Gasteiger partial charge in [0, 0.05) is 44.2 Å². The van der Waals surface area contributed by atoms with Crippen molar-refractivity contribution in [3.63, 3.8) is 0 Å². The predicted octanol–water partition coefficient (Wildman–Crippen LogP) is 16.3. The van der Waals surface area contributed by atoms with Crippen molar-refractivity contribution in [2.24, 2.45) is 0 Å². The first-order valence-electron chi connectivity index (χ1n) is 20.8. The third kappa shape index (κ3) is 5.82. The maximum atomic E-state index is 6.67. The van der Waals surface area contributed by atoms with Gasteiger partial charge in [0.25, 0.3) is 0 Å². The minimum atomic E-state index is 0.861. The number of aromatic nitrogens is 1. The molecule has 0 fully saturated rings. The van der Waals surface area contributed by atoms with Crippen molar-refractivity contribution in [3.05, 3.63) is 231 Å². The van der Waals surface area contributed by atoms with E-state index in [1.165, 1.54) is 55.0 Å². The summed E-state index contributed by atoms with van der Waals surface area (Å²) >= 11 is 0. The molecule has 0 unspecified atom stereocenters. The van der Waals surface area contributed by atoms with Crippen LogP contribution in [0.3, 0.4) is 0 Å². The van der Waals surface area contributed by atoms with Gasteiger partial charge in [-0.1, -0.05) is 158 Å². The highest BCUT2D eigenvalue weighted by Gasteiger charge is 2.21. The average molecular weight is 779 g/mol. The quantitative estimate of drug-likeness (QED) is 0.161. The van der Waals surface area contributed by atoms with E-state index < -0.39 is 0 Å². The second-order valence-corrected chi connectivity index (χ2v) is 15.7. The molecule has 12 aromatic rings. The van der Waals surface area contributed by atoms with Gasteiger partial charge in [0.05, 0.1) is 16.7 Å². The molecule has 0 bridgehead atoms. The average Bonchev–Trinajstić information content (AvgIpc) is 3.89. The molecule has 0 N–H and O–H groups in total. The SMILES string of the molecule is c1ccc(-c2ccc(N(c3ccc4oc5ccc6ccc(-c7cccc8c7c7ccccc7n8-c7ccccc7)cc6c5c4c3)c3ccccc3-c3ccccc3)cc2)cc1. The Balaban J connectivity index is 1.06. The Kier molecular flexibility index (Phi) is 8.17. The zero-order valence-corrected chi connectivity index (χ0v) is 33.2. The van der Waals surface area contributed by atoms with Gasteiger partial charge in [-0.15, -0.1) is 0 Å². The molecule has 12 rings (SSSR count). The lowest BCUT2D eigenvalue weighted by atomic mass is 9.95. The highest BCUT2D eigenvalue weighted by Crippen LogP contribution is 2.45. The molecule has 2 heterocycles. The number of nitrogens with zero attached hydrogens (tertiary/aromatic N) is 2. The molecule has 0 aliphatic heterocycles. The third-order valence-electron chi connectivity index (χ3n) is 12.2. The van der Waals surface area contributed by atoms with Crippen LogP contribution in [-0.2, 0) is 0 Å². The molecular weight excluding hydrogens is 741 g/mol. The fourth-order valence-electron chi connectivity index (χ4n) is 9.40. The van der Waals surface area contributed by atoms with E-state index in [0.29, 0.717) is 0 Å². The van der Waals surface area contributed by atoms with Crippen molar-refractivity contribution in [3.8, 4) is 39.1 Å². The first kappa shape index (κ1) is 34.9. The Bertz CT molecular complexity index is 3570. The van der Waals surface area contributed by atoms with Crippen LogP contribution in [0.4, 0.5) is 17.1 Å². The summed E-state index contributed by atoms with van der Waals surface area (Å²) in [4.78, 5) is 2.38. The van der Waals surface area contributed by atoms with Crippen LogP contribution in [0.15, 0.2) is 235 Å². The zero-order valence-electron chi connectivity index (χ0n) is 33.2. The van der Waals surface area contributed by atoms with Crippen molar-refractivity contribution >= 4 is 71.6 Å². The smallest absolute Gasteiger partial charge is 0.136 e. The molecule has 0 aliphatic carbocycles. The summed E-state index contributed by atoms with van der Waals surface area (Å²) in [6.07, 6.45) is 0. The van der Waals surface area contributed by atoms with Crippen LogP contribution in [0.1, 0.15) is 0 Å². The lowest BCUT2D eigenvalue weighted by molar-refractivity contribution is 0.669. The van der Waals surface area contributed by atoms with Crippen LogP contribution in [0, 0.1) is 0 Å². The lowest BCUT2D eigenvalue weighted by Gasteiger charge is -2.28. The number of hydrogen-bond donors (Lipinski definition) is 0. The monoisotopic (exact) mass is 778 g/mol. The standard InChI is InChI=1S/C58H38N2O/c1-4-15-39(16-5-1)40-29-32-45(33-30-40)59(52-24-12-10-21-47(52)41-17-6-2-7-18-41)46-34-36-55-51(38-46)58-50-37-43(28-27-42(50)31-35-56(58)61-55)48-23-14-26-54-57(48)49-22-11-13-25-53(49)60(54)44-19-8-3-9-20-44/h1-38H. The number of benzene rings is 10. The van der Waals surface area contributed by atoms with Crippen LogP contribution in [0.25, 0.3) is 93.6 Å². The molecule has 0 saturated heterocycles. The van der Waals surface area contributed by atoms with Gasteiger partial charge in [-0.05, 0) is 111 Å². The molecule has 61 heavy (non-hydrogen) atoms. The van der Waals surface area contributed by atoms with Crippen molar-refractivity contribution in [1.82, 2.24) is 4.57 Å². The first-order chi connectivity index (χ1) is 30.3. The Morgan fingerprint density at radius 3 is 1.77 bits per heavy atom. The van der Waals surface area contributed by atoms with Gasteiger partial charge >= 0.3 is 0 Å². The zero-order chi connectivity index (χ0) is 40.3. The number of hydrogen-bond acceptors (Lipinski definition) is 2. The first-order valence-corrected chi connectivity index (χ1v) is 20.8. The largest absolute Gasteiger partial charge is 0.456 e. The third-order valence-corrected chi connectivity index (χ3v) is 12.2. The van der Waals surface area contributed by atoms with Gasteiger partial charge in [0.1, 0.15) is 11.2 Å². The van der Waals surface area contributed by atoms with Crippen LogP contribution in [-0.4, -0.2) is 4.57 Å². The van der Waals surface area contributed by atoms with Crippen molar-refractivity contribution < 1.29 is 4.42 Å². The fraction of sp³-hybridized carbons (Fsp3) is 0. The second-order valence-electron chi connectivity index (χ2n) is 15.7. The van der Waals surface area contributed by atoms with E-state index in [0.717, 1.165) is 55.6 Å². The summed E-state index contributed by atoms with van der Waals surface area (Å²) in [5.41, 5.74) is 15.6. The summed E-state index contributed by atoms with van der Waals surface area (Å²) in [6.45, 7) is 0. The molecule has 286 valence electrons. The second kappa shape index (κ2) is 14.3. The van der Waals surface area contributed by atoms with Crippen molar-refractivity contribution in [1.29, 1.82) is 0 Å². The van der Waals surface area contributed by atoms with E-state index in [9.17, 15) is 0 Å². The number of furan rings is 1. The van der Waals surface area contributed by atoms with Gasteiger partial charge < -0.3 is 13.9 Å². The van der Waals surface area contributed by atoms with Crippen molar-refractivity contribution in [2.75, 3.05) is 4.90 Å². The number of anilines is 3. The molecule has 0 aliphatic rings. The Morgan fingerprint density at radius 2 is 0.951 bits per heavy atom. The highest BCUT2D eigenvalue weighted by molar-refractivity contribution is 6.21. The molecule has 0 radical (unpaired) electrons. The van der Waals surface area contributed by atoms with Crippen LogP contribution in [0.5, 0.6) is 0 Å². The minimum Gasteiger partial charge on any atom is -0.456 e. The van der Waals surface area contributed by atoms with Crippen molar-refractivity contribution in [2.45, 2.75) is 0 Å². The van der Waals surface area contributed by atoms with E-state index in [1.54, 1.807) is 0 Å². The maximum absolute atomic E-state index is 6.67. The summed E-state index contributed by atoms with van der Waals surface area (Å²) in [6, 6.07) is 82.8. The van der Waals surface area contributed by atoms with E-state index in [2.05, 4.69) is 240 Å². The lowest BCUT2D eigenvalue weighted by Crippen LogP contribution is -2.11. The van der Waals surface area contributed by atoms with E-state index >= 15 is 0 Å². The molecule has 3 nitrogen and oxygen atoms in total. The van der Waals surface area contributed by atoms with Gasteiger partial charge in [-0.25, -0.2) is 0 Å². The van der Waals surface area contributed by atoms with Gasteiger partial charge in [0.15, 0.2) is 0 Å². The topological polar surface area (TPSA) is 21.3 Å². The molecule has 3 heteroatoms. The molecule has 0 atom stereocenters. The summed E-state index contributed by atoms with van der Waals surface area (Å²) < 4.78 is 9.05. The summed E-state index contributed by atoms with van der Waals surface area (Å²) in [5.74, 6) is 0. The summed E-state index contributed by atoms with van der Waals surface area (Å²) in [5, 5.41) is 7.02. The molecule has 2 aromatic heterocycles. The number of fused-ring (bicyclic) bond motifs is 8. The van der Waals surface area contributed by atoms with Crippen LogP contribution < -0.4 is 4.90 Å². The van der Waals surface area contributed by atoms with E-state index in [1.807, 2.05) is 0 Å². The van der Waals surface area contributed by atoms with Gasteiger partial charge in [0.2, 0.25) is 0 Å². The van der Waals surface area contributed by atoms with E-state index in [-0.39, 0.29) is 0 Å². The molecule has 0 spiro atoms. The molecular formula is C58H38N2O.